The molecule has 0 bridgehead atoms. The minimum atomic E-state index is -0.288. The van der Waals surface area contributed by atoms with E-state index in [1.165, 1.54) is 18.4 Å². The lowest BCUT2D eigenvalue weighted by atomic mass is 9.97. The number of hydrazone groups is 1. The SMILES string of the molecule is CCC[C@H](C)c1ccc(OCC(=O)N/N=C\c2cccn2C)cc1. The van der Waals surface area contributed by atoms with Crippen LogP contribution in [0.5, 0.6) is 5.75 Å². The Bertz CT molecular complexity index is 674. The van der Waals surface area contributed by atoms with E-state index in [0.717, 1.165) is 5.69 Å². The number of benzene rings is 1. The molecule has 0 aliphatic heterocycles. The molecule has 1 aromatic heterocycles. The monoisotopic (exact) mass is 327 g/mol. The van der Waals surface area contributed by atoms with E-state index in [1.54, 1.807) is 6.21 Å². The Labute approximate surface area is 143 Å². The summed E-state index contributed by atoms with van der Waals surface area (Å²) < 4.78 is 7.39. The van der Waals surface area contributed by atoms with Crippen molar-refractivity contribution in [2.45, 2.75) is 32.6 Å². The van der Waals surface area contributed by atoms with Gasteiger partial charge in [-0.25, -0.2) is 5.43 Å². The highest BCUT2D eigenvalue weighted by Gasteiger charge is 2.05. The van der Waals surface area contributed by atoms with E-state index in [2.05, 4.69) is 36.5 Å². The smallest absolute Gasteiger partial charge is 0.277 e. The van der Waals surface area contributed by atoms with E-state index < -0.39 is 0 Å². The summed E-state index contributed by atoms with van der Waals surface area (Å²) in [6.07, 6.45) is 5.85. The minimum Gasteiger partial charge on any atom is -0.484 e. The Morgan fingerprint density at radius 3 is 2.71 bits per heavy atom. The predicted molar refractivity (Wildman–Crippen MR) is 96.4 cm³/mol. The van der Waals surface area contributed by atoms with Gasteiger partial charge in [0, 0.05) is 13.2 Å². The molecule has 0 fully saturated rings. The van der Waals surface area contributed by atoms with Gasteiger partial charge in [-0.05, 0) is 42.2 Å². The Hall–Kier alpha value is -2.56. The highest BCUT2D eigenvalue weighted by atomic mass is 16.5. The average molecular weight is 327 g/mol. The Balaban J connectivity index is 1.77. The summed E-state index contributed by atoms with van der Waals surface area (Å²) in [7, 11) is 1.91. The van der Waals surface area contributed by atoms with Crippen molar-refractivity contribution >= 4 is 12.1 Å². The summed E-state index contributed by atoms with van der Waals surface area (Å²) in [6, 6.07) is 11.7. The standard InChI is InChI=1S/C19H25N3O2/c1-4-6-15(2)16-8-10-18(11-9-16)24-14-19(23)21-20-13-17-7-5-12-22(17)3/h5,7-13,15H,4,6,14H2,1-3H3,(H,21,23)/b20-13-/t15-/m0/s1. The molecule has 1 atom stereocenters. The van der Waals surface area contributed by atoms with Crippen LogP contribution in [0.15, 0.2) is 47.7 Å². The Morgan fingerprint density at radius 2 is 2.08 bits per heavy atom. The van der Waals surface area contributed by atoms with Crippen molar-refractivity contribution in [2.24, 2.45) is 12.1 Å². The van der Waals surface area contributed by atoms with E-state index >= 15 is 0 Å². The van der Waals surface area contributed by atoms with Crippen LogP contribution in [0.4, 0.5) is 0 Å². The van der Waals surface area contributed by atoms with Crippen LogP contribution in [0.25, 0.3) is 0 Å². The van der Waals surface area contributed by atoms with Gasteiger partial charge in [-0.3, -0.25) is 4.79 Å². The van der Waals surface area contributed by atoms with Crippen molar-refractivity contribution in [1.29, 1.82) is 0 Å². The van der Waals surface area contributed by atoms with Crippen molar-refractivity contribution in [3.8, 4) is 5.75 Å². The van der Waals surface area contributed by atoms with Crippen LogP contribution < -0.4 is 10.2 Å². The second-order valence-corrected chi connectivity index (χ2v) is 5.88. The minimum absolute atomic E-state index is 0.0612. The van der Waals surface area contributed by atoms with Crippen LogP contribution >= 0.6 is 0 Å². The molecule has 1 amide bonds. The lowest BCUT2D eigenvalue weighted by Crippen LogP contribution is -2.24. The molecule has 5 heteroatoms. The van der Waals surface area contributed by atoms with Gasteiger partial charge in [-0.2, -0.15) is 5.10 Å². The molecule has 2 aromatic rings. The van der Waals surface area contributed by atoms with Crippen molar-refractivity contribution in [3.63, 3.8) is 0 Å². The zero-order valence-corrected chi connectivity index (χ0v) is 14.5. The molecule has 0 radical (unpaired) electrons. The number of rotatable bonds is 8. The maximum atomic E-state index is 11.7. The Kier molecular flexibility index (Phi) is 6.61. The van der Waals surface area contributed by atoms with E-state index in [1.807, 2.05) is 42.1 Å². The number of ether oxygens (including phenoxy) is 1. The fourth-order valence-corrected chi connectivity index (χ4v) is 2.45. The largest absolute Gasteiger partial charge is 0.484 e. The topological polar surface area (TPSA) is 55.6 Å². The van der Waals surface area contributed by atoms with Crippen LogP contribution in [0, 0.1) is 0 Å². The lowest BCUT2D eigenvalue weighted by molar-refractivity contribution is -0.123. The third kappa shape index (κ3) is 5.26. The van der Waals surface area contributed by atoms with Crippen LogP contribution in [0.3, 0.4) is 0 Å². The van der Waals surface area contributed by atoms with Gasteiger partial charge >= 0.3 is 0 Å². The first-order chi connectivity index (χ1) is 11.6. The third-order valence-corrected chi connectivity index (χ3v) is 3.91. The number of hydrogen-bond donors (Lipinski definition) is 1. The lowest BCUT2D eigenvalue weighted by Gasteiger charge is -2.11. The van der Waals surface area contributed by atoms with Gasteiger partial charge in [-0.1, -0.05) is 32.4 Å². The molecule has 128 valence electrons. The van der Waals surface area contributed by atoms with Gasteiger partial charge in [-0.15, -0.1) is 0 Å². The third-order valence-electron chi connectivity index (χ3n) is 3.91. The number of hydrogen-bond acceptors (Lipinski definition) is 3. The number of aryl methyl sites for hydroxylation is 1. The molecule has 1 N–H and O–H groups in total. The van der Waals surface area contributed by atoms with Crippen LogP contribution in [-0.2, 0) is 11.8 Å². The second-order valence-electron chi connectivity index (χ2n) is 5.88. The second kappa shape index (κ2) is 8.91. The summed E-state index contributed by atoms with van der Waals surface area (Å²) in [6.45, 7) is 4.35. The zero-order valence-electron chi connectivity index (χ0n) is 14.5. The molecule has 0 aliphatic rings. The van der Waals surface area contributed by atoms with Crippen LogP contribution in [0.2, 0.25) is 0 Å². The normalized spacial score (nSPS) is 12.3. The van der Waals surface area contributed by atoms with Crippen molar-refractivity contribution in [2.75, 3.05) is 6.61 Å². The summed E-state index contributed by atoms with van der Waals surface area (Å²) in [5.41, 5.74) is 4.66. The van der Waals surface area contributed by atoms with Crippen molar-refractivity contribution in [1.82, 2.24) is 9.99 Å². The maximum absolute atomic E-state index is 11.7. The maximum Gasteiger partial charge on any atom is 0.277 e. The van der Waals surface area contributed by atoms with Gasteiger partial charge in [0.05, 0.1) is 11.9 Å². The number of carbonyl (C=O) groups excluding carboxylic acids is 1. The van der Waals surface area contributed by atoms with E-state index in [-0.39, 0.29) is 12.5 Å². The summed E-state index contributed by atoms with van der Waals surface area (Å²) in [5.74, 6) is 0.937. The van der Waals surface area contributed by atoms with Gasteiger partial charge in [0.1, 0.15) is 5.75 Å². The molecular weight excluding hydrogens is 302 g/mol. The molecule has 0 saturated heterocycles. The van der Waals surface area contributed by atoms with E-state index in [4.69, 9.17) is 4.74 Å². The zero-order chi connectivity index (χ0) is 17.4. The first kappa shape index (κ1) is 17.8. The van der Waals surface area contributed by atoms with Crippen LogP contribution in [-0.4, -0.2) is 23.3 Å². The van der Waals surface area contributed by atoms with Crippen molar-refractivity contribution in [3.05, 3.63) is 53.9 Å². The first-order valence-corrected chi connectivity index (χ1v) is 8.26. The molecule has 0 spiro atoms. The number of nitrogens with one attached hydrogen (secondary N) is 1. The van der Waals surface area contributed by atoms with Gasteiger partial charge < -0.3 is 9.30 Å². The van der Waals surface area contributed by atoms with E-state index in [9.17, 15) is 4.79 Å². The fourth-order valence-electron chi connectivity index (χ4n) is 2.45. The molecule has 5 nitrogen and oxygen atoms in total. The Morgan fingerprint density at radius 1 is 1.33 bits per heavy atom. The van der Waals surface area contributed by atoms with Gasteiger partial charge in [0.25, 0.3) is 5.91 Å². The highest BCUT2D eigenvalue weighted by Crippen LogP contribution is 2.22. The molecule has 1 heterocycles. The molecule has 0 aliphatic carbocycles. The van der Waals surface area contributed by atoms with Gasteiger partial charge in [0.15, 0.2) is 6.61 Å². The summed E-state index contributed by atoms with van der Waals surface area (Å²) in [4.78, 5) is 11.7. The predicted octanol–water partition coefficient (Wildman–Crippen LogP) is 3.46. The number of nitrogens with zero attached hydrogens (tertiary/aromatic N) is 2. The number of amides is 1. The summed E-state index contributed by atoms with van der Waals surface area (Å²) in [5, 5.41) is 3.92. The fraction of sp³-hybridized carbons (Fsp3) is 0.368. The molecule has 2 rings (SSSR count). The number of carbonyl (C=O) groups is 1. The highest BCUT2D eigenvalue weighted by molar-refractivity contribution is 5.81. The number of aromatic nitrogens is 1. The van der Waals surface area contributed by atoms with Gasteiger partial charge in [0.2, 0.25) is 0 Å². The van der Waals surface area contributed by atoms with Crippen LogP contribution in [0.1, 0.15) is 43.9 Å². The average Bonchev–Trinajstić information content (AvgIpc) is 2.99. The molecular formula is C19H25N3O2. The molecule has 24 heavy (non-hydrogen) atoms. The molecule has 0 unspecified atom stereocenters. The summed E-state index contributed by atoms with van der Waals surface area (Å²) >= 11 is 0. The molecule has 0 saturated carbocycles. The first-order valence-electron chi connectivity index (χ1n) is 8.26. The van der Waals surface area contributed by atoms with E-state index in [0.29, 0.717) is 11.7 Å². The quantitative estimate of drug-likeness (QED) is 0.596. The molecule has 1 aromatic carbocycles. The van der Waals surface area contributed by atoms with Crippen molar-refractivity contribution < 1.29 is 9.53 Å².